The zero-order chi connectivity index (χ0) is 16.8. The molecule has 1 heterocycles. The minimum atomic E-state index is -0.152. The Hall–Kier alpha value is -1.30. The summed E-state index contributed by atoms with van der Waals surface area (Å²) in [4.78, 5) is 30.9. The molecule has 2 rings (SSSR count). The van der Waals surface area contributed by atoms with Crippen LogP contribution in [0.2, 0.25) is 0 Å². The second-order valence-electron chi connectivity index (χ2n) is 6.52. The van der Waals surface area contributed by atoms with Gasteiger partial charge in [0, 0.05) is 17.8 Å². The Morgan fingerprint density at radius 2 is 2.22 bits per heavy atom. The van der Waals surface area contributed by atoms with Crippen LogP contribution in [-0.2, 0) is 11.2 Å². The largest absolute Gasteiger partial charge is 0.352 e. The summed E-state index contributed by atoms with van der Waals surface area (Å²) in [6.07, 6.45) is 5.21. The van der Waals surface area contributed by atoms with Crippen molar-refractivity contribution < 1.29 is 4.79 Å². The molecule has 23 heavy (non-hydrogen) atoms. The first-order valence-electron chi connectivity index (χ1n) is 8.52. The average Bonchev–Trinajstić information content (AvgIpc) is 2.50. The zero-order valence-electron chi connectivity index (χ0n) is 14.2. The van der Waals surface area contributed by atoms with E-state index in [1.165, 1.54) is 30.7 Å². The SMILES string of the molecule is CCCc1cc(=O)[nH]c(SCC(=O)N[C@H]2CCC[C@@H](C)[C@@H]2C)n1. The van der Waals surface area contributed by atoms with Gasteiger partial charge in [-0.3, -0.25) is 9.59 Å². The molecule has 0 bridgehead atoms. The van der Waals surface area contributed by atoms with Crippen molar-refractivity contribution in [3.05, 3.63) is 22.1 Å². The van der Waals surface area contributed by atoms with Crippen LogP contribution in [0, 0.1) is 11.8 Å². The molecule has 0 unspecified atom stereocenters. The molecule has 5 nitrogen and oxygen atoms in total. The average molecular weight is 337 g/mol. The molecule has 1 aliphatic rings. The highest BCUT2D eigenvalue weighted by Gasteiger charge is 2.28. The number of thioether (sulfide) groups is 1. The van der Waals surface area contributed by atoms with Crippen molar-refractivity contribution in [1.29, 1.82) is 0 Å². The lowest BCUT2D eigenvalue weighted by molar-refractivity contribution is -0.120. The van der Waals surface area contributed by atoms with Crippen LogP contribution in [0.15, 0.2) is 16.0 Å². The number of nitrogens with zero attached hydrogens (tertiary/aromatic N) is 1. The van der Waals surface area contributed by atoms with Crippen LogP contribution in [0.4, 0.5) is 0 Å². The number of aryl methyl sites for hydroxylation is 1. The predicted octanol–water partition coefficient (Wildman–Crippen LogP) is 2.76. The van der Waals surface area contributed by atoms with E-state index in [9.17, 15) is 9.59 Å². The second kappa shape index (κ2) is 8.52. The molecule has 1 aromatic heterocycles. The lowest BCUT2D eigenvalue weighted by Crippen LogP contribution is -2.44. The minimum Gasteiger partial charge on any atom is -0.352 e. The molecule has 0 aromatic carbocycles. The maximum absolute atomic E-state index is 12.2. The van der Waals surface area contributed by atoms with E-state index in [1.807, 2.05) is 0 Å². The summed E-state index contributed by atoms with van der Waals surface area (Å²) in [7, 11) is 0. The van der Waals surface area contributed by atoms with Gasteiger partial charge in [-0.25, -0.2) is 4.98 Å². The molecule has 128 valence electrons. The number of aromatic nitrogens is 2. The summed E-state index contributed by atoms with van der Waals surface area (Å²) >= 11 is 1.29. The standard InChI is InChI=1S/C17H27N3O2S/c1-4-6-13-9-15(21)20-17(18-13)23-10-16(22)19-14-8-5-7-11(2)12(14)3/h9,11-12,14H,4-8,10H2,1-3H3,(H,19,22)(H,18,20,21)/t11-,12+,14+/m1/s1. The first-order chi connectivity index (χ1) is 11.0. The van der Waals surface area contributed by atoms with Crippen molar-refractivity contribution in [1.82, 2.24) is 15.3 Å². The topological polar surface area (TPSA) is 74.8 Å². The van der Waals surface area contributed by atoms with Crippen LogP contribution in [0.25, 0.3) is 0 Å². The first-order valence-corrected chi connectivity index (χ1v) is 9.50. The van der Waals surface area contributed by atoms with Crippen molar-refractivity contribution in [3.63, 3.8) is 0 Å². The highest BCUT2D eigenvalue weighted by atomic mass is 32.2. The molecular formula is C17H27N3O2S. The van der Waals surface area contributed by atoms with Crippen molar-refractivity contribution in [2.45, 2.75) is 64.1 Å². The Bertz CT molecular complexity index is 587. The van der Waals surface area contributed by atoms with Gasteiger partial charge < -0.3 is 10.3 Å². The monoisotopic (exact) mass is 337 g/mol. The van der Waals surface area contributed by atoms with Crippen LogP contribution in [0.3, 0.4) is 0 Å². The smallest absolute Gasteiger partial charge is 0.251 e. The Balaban J connectivity index is 1.88. The highest BCUT2D eigenvalue weighted by Crippen LogP contribution is 2.29. The minimum absolute atomic E-state index is 0.0180. The fourth-order valence-electron chi connectivity index (χ4n) is 3.10. The summed E-state index contributed by atoms with van der Waals surface area (Å²) in [5.74, 6) is 1.48. The molecule has 0 radical (unpaired) electrons. The van der Waals surface area contributed by atoms with Gasteiger partial charge in [-0.15, -0.1) is 0 Å². The maximum Gasteiger partial charge on any atom is 0.251 e. The number of nitrogens with one attached hydrogen (secondary N) is 2. The Morgan fingerprint density at radius 1 is 1.43 bits per heavy atom. The number of rotatable bonds is 6. The van der Waals surface area contributed by atoms with E-state index in [4.69, 9.17) is 0 Å². The molecule has 2 N–H and O–H groups in total. The van der Waals surface area contributed by atoms with Crippen LogP contribution in [0.1, 0.15) is 52.1 Å². The summed E-state index contributed by atoms with van der Waals surface area (Å²) in [5, 5.41) is 3.67. The van der Waals surface area contributed by atoms with Crippen LogP contribution in [0.5, 0.6) is 0 Å². The maximum atomic E-state index is 12.2. The number of amides is 1. The number of aromatic amines is 1. The van der Waals surface area contributed by atoms with E-state index in [1.54, 1.807) is 0 Å². The lowest BCUT2D eigenvalue weighted by atomic mass is 9.78. The van der Waals surface area contributed by atoms with Gasteiger partial charge in [-0.05, 0) is 24.7 Å². The Kier molecular flexibility index (Phi) is 6.69. The Morgan fingerprint density at radius 3 is 2.96 bits per heavy atom. The van der Waals surface area contributed by atoms with E-state index in [0.29, 0.717) is 17.0 Å². The molecule has 1 amide bonds. The van der Waals surface area contributed by atoms with Gasteiger partial charge in [-0.2, -0.15) is 0 Å². The molecule has 1 aromatic rings. The molecule has 1 fully saturated rings. The second-order valence-corrected chi connectivity index (χ2v) is 7.49. The fraction of sp³-hybridized carbons (Fsp3) is 0.706. The van der Waals surface area contributed by atoms with E-state index in [2.05, 4.69) is 36.1 Å². The van der Waals surface area contributed by atoms with E-state index >= 15 is 0 Å². The molecule has 0 saturated heterocycles. The summed E-state index contributed by atoms with van der Waals surface area (Å²) in [5.41, 5.74) is 0.634. The van der Waals surface area contributed by atoms with Crippen molar-refractivity contribution >= 4 is 17.7 Å². The molecule has 1 aliphatic carbocycles. The number of hydrogen-bond donors (Lipinski definition) is 2. The highest BCUT2D eigenvalue weighted by molar-refractivity contribution is 7.99. The predicted molar refractivity (Wildman–Crippen MR) is 93.7 cm³/mol. The van der Waals surface area contributed by atoms with Gasteiger partial charge in [0.2, 0.25) is 5.91 Å². The third kappa shape index (κ3) is 5.37. The quantitative estimate of drug-likeness (QED) is 0.618. The third-order valence-electron chi connectivity index (χ3n) is 4.67. The van der Waals surface area contributed by atoms with Crippen LogP contribution in [-0.4, -0.2) is 27.7 Å². The number of carbonyl (C=O) groups is 1. The van der Waals surface area contributed by atoms with E-state index < -0.39 is 0 Å². The van der Waals surface area contributed by atoms with Gasteiger partial charge in [0.15, 0.2) is 5.16 Å². The molecule has 6 heteroatoms. The lowest BCUT2D eigenvalue weighted by Gasteiger charge is -2.34. The van der Waals surface area contributed by atoms with Crippen molar-refractivity contribution in [2.75, 3.05) is 5.75 Å². The summed E-state index contributed by atoms with van der Waals surface area (Å²) in [6.45, 7) is 6.52. The van der Waals surface area contributed by atoms with Gasteiger partial charge >= 0.3 is 0 Å². The van der Waals surface area contributed by atoms with Gasteiger partial charge in [0.1, 0.15) is 0 Å². The first kappa shape index (κ1) is 18.0. The Labute approximate surface area is 142 Å². The molecule has 1 saturated carbocycles. The normalized spacial score (nSPS) is 24.4. The van der Waals surface area contributed by atoms with Crippen molar-refractivity contribution in [2.24, 2.45) is 11.8 Å². The van der Waals surface area contributed by atoms with Crippen molar-refractivity contribution in [3.8, 4) is 0 Å². The molecule has 3 atom stereocenters. The van der Waals surface area contributed by atoms with Gasteiger partial charge in [-0.1, -0.05) is 51.8 Å². The fourth-order valence-corrected chi connectivity index (χ4v) is 3.81. The molecular weight excluding hydrogens is 310 g/mol. The van der Waals surface area contributed by atoms with Gasteiger partial charge in [0.05, 0.1) is 5.75 Å². The third-order valence-corrected chi connectivity index (χ3v) is 5.55. The number of hydrogen-bond acceptors (Lipinski definition) is 4. The zero-order valence-corrected chi connectivity index (χ0v) is 15.0. The van der Waals surface area contributed by atoms with Crippen LogP contribution < -0.4 is 10.9 Å². The summed E-state index contributed by atoms with van der Waals surface area (Å²) < 4.78 is 0. The number of H-pyrrole nitrogens is 1. The molecule has 0 aliphatic heterocycles. The molecule has 0 spiro atoms. The number of carbonyl (C=O) groups excluding carboxylic acids is 1. The van der Waals surface area contributed by atoms with E-state index in [-0.39, 0.29) is 23.3 Å². The van der Waals surface area contributed by atoms with Crippen LogP contribution >= 0.6 is 11.8 Å². The van der Waals surface area contributed by atoms with E-state index in [0.717, 1.165) is 25.0 Å². The van der Waals surface area contributed by atoms with Gasteiger partial charge in [0.25, 0.3) is 5.56 Å². The summed E-state index contributed by atoms with van der Waals surface area (Å²) in [6, 6.07) is 1.80.